The van der Waals surface area contributed by atoms with E-state index in [0.29, 0.717) is 17.8 Å². The minimum absolute atomic E-state index is 0.454. The van der Waals surface area contributed by atoms with Crippen LogP contribution < -0.4 is 10.6 Å². The minimum Gasteiger partial charge on any atom is -0.399 e. The maximum absolute atomic E-state index is 10.2. The van der Waals surface area contributed by atoms with Crippen LogP contribution in [0.1, 0.15) is 17.2 Å². The molecule has 0 heterocycles. The zero-order valence-electron chi connectivity index (χ0n) is 11.3. The highest BCUT2D eigenvalue weighted by Gasteiger charge is 2.11. The van der Waals surface area contributed by atoms with E-state index in [2.05, 4.69) is 6.07 Å². The molecule has 3 N–H and O–H groups in total. The van der Waals surface area contributed by atoms with Gasteiger partial charge in [0.15, 0.2) is 0 Å². The number of hydrogen-bond acceptors (Lipinski definition) is 4. The van der Waals surface area contributed by atoms with Crippen molar-refractivity contribution in [1.29, 1.82) is 5.26 Å². The van der Waals surface area contributed by atoms with E-state index in [0.717, 1.165) is 11.3 Å². The van der Waals surface area contributed by atoms with Crippen LogP contribution >= 0.6 is 0 Å². The summed E-state index contributed by atoms with van der Waals surface area (Å²) in [5, 5.41) is 19.0. The number of hydrogen-bond donors (Lipinski definition) is 2. The molecule has 4 heteroatoms. The van der Waals surface area contributed by atoms with Crippen molar-refractivity contribution in [3.05, 3.63) is 59.7 Å². The number of nitrogens with two attached hydrogens (primary N) is 1. The van der Waals surface area contributed by atoms with Gasteiger partial charge in [-0.15, -0.1) is 0 Å². The smallest absolute Gasteiger partial charge is 0.0991 e. The highest BCUT2D eigenvalue weighted by molar-refractivity contribution is 5.49. The maximum Gasteiger partial charge on any atom is 0.0991 e. The zero-order valence-corrected chi connectivity index (χ0v) is 11.3. The van der Waals surface area contributed by atoms with E-state index in [1.807, 2.05) is 36.2 Å². The fourth-order valence-electron chi connectivity index (χ4n) is 2.03. The molecular formula is C16H17N3O. The first-order chi connectivity index (χ1) is 9.60. The molecule has 0 spiro atoms. The lowest BCUT2D eigenvalue weighted by molar-refractivity contribution is 0.185. The minimum atomic E-state index is -0.612. The van der Waals surface area contributed by atoms with Crippen LogP contribution in [0.2, 0.25) is 0 Å². The second-order valence-corrected chi connectivity index (χ2v) is 4.73. The van der Waals surface area contributed by atoms with Gasteiger partial charge in [0.25, 0.3) is 0 Å². The standard InChI is InChI=1S/C16H17N3O/c1-19(15-7-5-12(10-17)6-8-15)11-16(20)13-3-2-4-14(18)9-13/h2-9,16,20H,11,18H2,1H3. The van der Waals surface area contributed by atoms with Crippen LogP contribution in [0.25, 0.3) is 0 Å². The topological polar surface area (TPSA) is 73.3 Å². The summed E-state index contributed by atoms with van der Waals surface area (Å²) in [6.07, 6.45) is -0.612. The third kappa shape index (κ3) is 3.28. The van der Waals surface area contributed by atoms with Crippen molar-refractivity contribution in [3.8, 4) is 6.07 Å². The van der Waals surface area contributed by atoms with E-state index in [1.54, 1.807) is 24.3 Å². The van der Waals surface area contributed by atoms with Gasteiger partial charge >= 0.3 is 0 Å². The Morgan fingerprint density at radius 3 is 2.55 bits per heavy atom. The Labute approximate surface area is 118 Å². The molecule has 0 aromatic heterocycles. The summed E-state index contributed by atoms with van der Waals surface area (Å²) < 4.78 is 0. The fourth-order valence-corrected chi connectivity index (χ4v) is 2.03. The van der Waals surface area contributed by atoms with E-state index in [4.69, 9.17) is 11.0 Å². The molecule has 2 aromatic rings. The molecule has 0 fully saturated rings. The van der Waals surface area contributed by atoms with Gasteiger partial charge in [0.2, 0.25) is 0 Å². The first kappa shape index (κ1) is 13.9. The molecule has 0 bridgehead atoms. The molecule has 0 saturated heterocycles. The molecule has 1 atom stereocenters. The van der Waals surface area contributed by atoms with E-state index < -0.39 is 6.10 Å². The third-order valence-electron chi connectivity index (χ3n) is 3.18. The number of nitrogen functional groups attached to an aromatic ring is 1. The average Bonchev–Trinajstić information content (AvgIpc) is 2.47. The van der Waals surface area contributed by atoms with Crippen molar-refractivity contribution >= 4 is 11.4 Å². The molecule has 0 amide bonds. The van der Waals surface area contributed by atoms with Crippen LogP contribution in [0.4, 0.5) is 11.4 Å². The predicted octanol–water partition coefficient (Wildman–Crippen LogP) is 2.31. The molecule has 0 aliphatic carbocycles. The Kier molecular flexibility index (Phi) is 4.24. The molecule has 0 aliphatic heterocycles. The predicted molar refractivity (Wildman–Crippen MR) is 80.2 cm³/mol. The summed E-state index contributed by atoms with van der Waals surface area (Å²) in [4.78, 5) is 1.94. The Balaban J connectivity index is 2.06. The van der Waals surface area contributed by atoms with Gasteiger partial charge in [-0.25, -0.2) is 0 Å². The van der Waals surface area contributed by atoms with Crippen molar-refractivity contribution in [2.24, 2.45) is 0 Å². The van der Waals surface area contributed by atoms with Gasteiger partial charge in [-0.3, -0.25) is 0 Å². The summed E-state index contributed by atoms with van der Waals surface area (Å²) >= 11 is 0. The number of anilines is 2. The highest BCUT2D eigenvalue weighted by Crippen LogP contribution is 2.20. The number of likely N-dealkylation sites (N-methyl/N-ethyl adjacent to an activating group) is 1. The SMILES string of the molecule is CN(CC(O)c1cccc(N)c1)c1ccc(C#N)cc1. The van der Waals surface area contributed by atoms with Crippen LogP contribution in [0.5, 0.6) is 0 Å². The van der Waals surface area contributed by atoms with Crippen LogP contribution in [0.15, 0.2) is 48.5 Å². The molecular weight excluding hydrogens is 250 g/mol. The van der Waals surface area contributed by atoms with E-state index in [-0.39, 0.29) is 0 Å². The van der Waals surface area contributed by atoms with E-state index in [9.17, 15) is 5.11 Å². The fraction of sp³-hybridized carbons (Fsp3) is 0.188. The van der Waals surface area contributed by atoms with Crippen molar-refractivity contribution in [2.75, 3.05) is 24.2 Å². The molecule has 0 saturated carbocycles. The highest BCUT2D eigenvalue weighted by atomic mass is 16.3. The summed E-state index contributed by atoms with van der Waals surface area (Å²) in [6, 6.07) is 16.6. The van der Waals surface area contributed by atoms with Gasteiger partial charge in [0.05, 0.1) is 17.7 Å². The molecule has 0 radical (unpaired) electrons. The van der Waals surface area contributed by atoms with Crippen molar-refractivity contribution in [3.63, 3.8) is 0 Å². The number of benzene rings is 2. The summed E-state index contributed by atoms with van der Waals surface area (Å²) in [5.41, 5.74) is 8.73. The lowest BCUT2D eigenvalue weighted by atomic mass is 10.1. The second kappa shape index (κ2) is 6.09. The van der Waals surface area contributed by atoms with E-state index >= 15 is 0 Å². The van der Waals surface area contributed by atoms with Crippen molar-refractivity contribution in [2.45, 2.75) is 6.10 Å². The molecule has 2 aromatic carbocycles. The zero-order chi connectivity index (χ0) is 14.5. The van der Waals surface area contributed by atoms with Gasteiger partial charge < -0.3 is 15.7 Å². The summed E-state index contributed by atoms with van der Waals surface area (Å²) in [5.74, 6) is 0. The van der Waals surface area contributed by atoms with Crippen molar-refractivity contribution < 1.29 is 5.11 Å². The largest absolute Gasteiger partial charge is 0.399 e. The van der Waals surface area contributed by atoms with Gasteiger partial charge in [0.1, 0.15) is 0 Å². The summed E-state index contributed by atoms with van der Waals surface area (Å²) in [6.45, 7) is 0.454. The maximum atomic E-state index is 10.2. The first-order valence-corrected chi connectivity index (χ1v) is 6.35. The first-order valence-electron chi connectivity index (χ1n) is 6.35. The Morgan fingerprint density at radius 1 is 1.25 bits per heavy atom. The molecule has 4 nitrogen and oxygen atoms in total. The number of aliphatic hydroxyl groups excluding tert-OH is 1. The average molecular weight is 267 g/mol. The van der Waals surface area contributed by atoms with Crippen LogP contribution in [0, 0.1) is 11.3 Å². The number of nitrogens with zero attached hydrogens (tertiary/aromatic N) is 2. The quantitative estimate of drug-likeness (QED) is 0.834. The molecule has 2 rings (SSSR count). The third-order valence-corrected chi connectivity index (χ3v) is 3.18. The lowest BCUT2D eigenvalue weighted by Gasteiger charge is -2.23. The Hall–Kier alpha value is -2.51. The molecule has 20 heavy (non-hydrogen) atoms. The van der Waals surface area contributed by atoms with Crippen molar-refractivity contribution in [1.82, 2.24) is 0 Å². The van der Waals surface area contributed by atoms with Crippen LogP contribution in [-0.4, -0.2) is 18.7 Å². The van der Waals surface area contributed by atoms with E-state index in [1.165, 1.54) is 0 Å². The normalized spacial score (nSPS) is 11.7. The van der Waals surface area contributed by atoms with Gasteiger partial charge in [-0.05, 0) is 42.0 Å². The Morgan fingerprint density at radius 2 is 1.95 bits per heavy atom. The summed E-state index contributed by atoms with van der Waals surface area (Å²) in [7, 11) is 1.90. The number of aliphatic hydroxyl groups is 1. The number of nitriles is 1. The van der Waals surface area contributed by atoms with Crippen LogP contribution in [-0.2, 0) is 0 Å². The molecule has 0 aliphatic rings. The second-order valence-electron chi connectivity index (χ2n) is 4.73. The lowest BCUT2D eigenvalue weighted by Crippen LogP contribution is -2.24. The van der Waals surface area contributed by atoms with Gasteiger partial charge in [0, 0.05) is 25.0 Å². The van der Waals surface area contributed by atoms with Gasteiger partial charge in [-0.1, -0.05) is 12.1 Å². The molecule has 1 unspecified atom stereocenters. The van der Waals surface area contributed by atoms with Gasteiger partial charge in [-0.2, -0.15) is 5.26 Å². The Bertz CT molecular complexity index is 616. The molecule has 102 valence electrons. The monoisotopic (exact) mass is 267 g/mol. The number of rotatable bonds is 4. The van der Waals surface area contributed by atoms with Crippen LogP contribution in [0.3, 0.4) is 0 Å².